The quantitative estimate of drug-likeness (QED) is 0.749. The summed E-state index contributed by atoms with van der Waals surface area (Å²) in [7, 11) is 0. The molecule has 17 heavy (non-hydrogen) atoms. The van der Waals surface area contributed by atoms with Crippen LogP contribution in [0.3, 0.4) is 0 Å². The normalized spacial score (nSPS) is 21.9. The van der Waals surface area contributed by atoms with Crippen LogP contribution in [0.2, 0.25) is 0 Å². The summed E-state index contributed by atoms with van der Waals surface area (Å²) in [6, 6.07) is 0. The summed E-state index contributed by atoms with van der Waals surface area (Å²) in [5, 5.41) is 7.89. The van der Waals surface area contributed by atoms with Crippen LogP contribution in [0.1, 0.15) is 56.7 Å². The Morgan fingerprint density at radius 2 is 2.24 bits per heavy atom. The molecule has 3 rings (SSSR count). The van der Waals surface area contributed by atoms with E-state index in [2.05, 4.69) is 10.2 Å². The molecular formula is C12H16N2O3. The Hall–Kier alpha value is -1.39. The average Bonchev–Trinajstić information content (AvgIpc) is 2.83. The van der Waals surface area contributed by atoms with Crippen LogP contribution < -0.4 is 0 Å². The van der Waals surface area contributed by atoms with Gasteiger partial charge in [0.15, 0.2) is 6.61 Å². The molecule has 1 aromatic heterocycles. The lowest BCUT2D eigenvalue weighted by atomic mass is 9.85. The number of aromatic nitrogens is 2. The molecule has 5 nitrogen and oxygen atoms in total. The molecule has 0 aliphatic heterocycles. The van der Waals surface area contributed by atoms with Crippen LogP contribution >= 0.6 is 0 Å². The number of nitrogens with zero attached hydrogens (tertiary/aromatic N) is 2. The van der Waals surface area contributed by atoms with Crippen LogP contribution in [-0.2, 0) is 16.1 Å². The Morgan fingerprint density at radius 3 is 2.82 bits per heavy atom. The van der Waals surface area contributed by atoms with Crippen LogP contribution in [0.25, 0.3) is 0 Å². The molecule has 1 heterocycles. The van der Waals surface area contributed by atoms with Crippen molar-refractivity contribution in [1.29, 1.82) is 0 Å². The number of carbonyl (C=O) groups excluding carboxylic acids is 1. The molecule has 0 spiro atoms. The highest BCUT2D eigenvalue weighted by molar-refractivity contribution is 5.79. The van der Waals surface area contributed by atoms with E-state index < -0.39 is 0 Å². The molecule has 0 bridgehead atoms. The molecule has 0 aromatic carbocycles. The molecule has 2 fully saturated rings. The summed E-state index contributed by atoms with van der Waals surface area (Å²) in [6.07, 6.45) is 5.32. The number of carbonyl (C=O) groups is 1. The molecule has 2 aliphatic rings. The van der Waals surface area contributed by atoms with E-state index >= 15 is 0 Å². The van der Waals surface area contributed by atoms with E-state index in [1.54, 1.807) is 0 Å². The van der Waals surface area contributed by atoms with Gasteiger partial charge in [-0.3, -0.25) is 4.79 Å². The van der Waals surface area contributed by atoms with Gasteiger partial charge < -0.3 is 9.15 Å². The van der Waals surface area contributed by atoms with Crippen molar-refractivity contribution in [3.05, 3.63) is 11.8 Å². The van der Waals surface area contributed by atoms with Crippen molar-refractivity contribution in [3.8, 4) is 0 Å². The summed E-state index contributed by atoms with van der Waals surface area (Å²) in [5.74, 6) is 1.37. The Balaban J connectivity index is 1.54. The third kappa shape index (κ3) is 2.06. The van der Waals surface area contributed by atoms with Gasteiger partial charge in [-0.2, -0.15) is 0 Å². The highest BCUT2D eigenvalue weighted by atomic mass is 16.5. The van der Waals surface area contributed by atoms with Crippen molar-refractivity contribution >= 4 is 5.97 Å². The standard InChI is InChI=1S/C12H16N2O3/c1-12(5-6-12)11(15)16-7-9-13-14-10(17-9)8-3-2-4-8/h8H,2-7H2,1H3. The van der Waals surface area contributed by atoms with E-state index in [1.165, 1.54) is 6.42 Å². The molecule has 1 aromatic rings. The minimum absolute atomic E-state index is 0.105. The third-order valence-corrected chi connectivity index (χ3v) is 3.76. The number of hydrogen-bond acceptors (Lipinski definition) is 5. The van der Waals surface area contributed by atoms with E-state index in [0.717, 1.165) is 25.7 Å². The highest BCUT2D eigenvalue weighted by Gasteiger charge is 2.46. The molecule has 0 saturated heterocycles. The summed E-state index contributed by atoms with van der Waals surface area (Å²) >= 11 is 0. The summed E-state index contributed by atoms with van der Waals surface area (Å²) < 4.78 is 10.6. The molecule has 2 saturated carbocycles. The molecule has 0 unspecified atom stereocenters. The van der Waals surface area contributed by atoms with Crippen LogP contribution in [0.15, 0.2) is 4.42 Å². The largest absolute Gasteiger partial charge is 0.455 e. The lowest BCUT2D eigenvalue weighted by Gasteiger charge is -2.20. The van der Waals surface area contributed by atoms with Gasteiger partial charge in [0.25, 0.3) is 5.89 Å². The Kier molecular flexibility index (Phi) is 2.42. The van der Waals surface area contributed by atoms with Gasteiger partial charge in [-0.05, 0) is 32.6 Å². The number of esters is 1. The zero-order valence-electron chi connectivity index (χ0n) is 9.94. The molecule has 0 amide bonds. The molecule has 5 heteroatoms. The summed E-state index contributed by atoms with van der Waals surface area (Å²) in [5.41, 5.74) is -0.253. The lowest BCUT2D eigenvalue weighted by molar-refractivity contribution is -0.151. The molecule has 0 N–H and O–H groups in total. The first-order valence-corrected chi connectivity index (χ1v) is 6.17. The molecular weight excluding hydrogens is 220 g/mol. The smallest absolute Gasteiger partial charge is 0.312 e. The molecule has 2 aliphatic carbocycles. The maximum atomic E-state index is 11.6. The maximum Gasteiger partial charge on any atom is 0.312 e. The fraction of sp³-hybridized carbons (Fsp3) is 0.750. The van der Waals surface area contributed by atoms with Crippen molar-refractivity contribution in [2.75, 3.05) is 0 Å². The minimum Gasteiger partial charge on any atom is -0.455 e. The van der Waals surface area contributed by atoms with Gasteiger partial charge in [-0.15, -0.1) is 10.2 Å². The lowest BCUT2D eigenvalue weighted by Crippen LogP contribution is -2.15. The zero-order valence-corrected chi connectivity index (χ0v) is 9.94. The van der Waals surface area contributed by atoms with Crippen molar-refractivity contribution in [2.24, 2.45) is 5.41 Å². The van der Waals surface area contributed by atoms with Gasteiger partial charge in [-0.1, -0.05) is 6.42 Å². The first-order chi connectivity index (χ1) is 8.17. The fourth-order valence-corrected chi connectivity index (χ4v) is 1.84. The maximum absolute atomic E-state index is 11.6. The summed E-state index contributed by atoms with van der Waals surface area (Å²) in [6.45, 7) is 2.02. The van der Waals surface area contributed by atoms with Crippen LogP contribution in [0, 0.1) is 5.41 Å². The number of ether oxygens (including phenoxy) is 1. The van der Waals surface area contributed by atoms with Crippen LogP contribution in [0.5, 0.6) is 0 Å². The molecule has 0 atom stereocenters. The Bertz CT molecular complexity index is 433. The van der Waals surface area contributed by atoms with E-state index in [4.69, 9.17) is 9.15 Å². The highest BCUT2D eigenvalue weighted by Crippen LogP contribution is 2.46. The predicted molar refractivity (Wildman–Crippen MR) is 58.0 cm³/mol. The second-order valence-corrected chi connectivity index (χ2v) is 5.30. The summed E-state index contributed by atoms with van der Waals surface area (Å²) in [4.78, 5) is 11.6. The van der Waals surface area contributed by atoms with Crippen molar-refractivity contribution in [2.45, 2.75) is 51.6 Å². The third-order valence-electron chi connectivity index (χ3n) is 3.76. The minimum atomic E-state index is -0.253. The first kappa shape index (κ1) is 10.7. The van der Waals surface area contributed by atoms with Crippen LogP contribution in [0.4, 0.5) is 0 Å². The van der Waals surface area contributed by atoms with Crippen molar-refractivity contribution in [1.82, 2.24) is 10.2 Å². The molecule has 92 valence electrons. The van der Waals surface area contributed by atoms with Gasteiger partial charge in [0.2, 0.25) is 5.89 Å². The van der Waals surface area contributed by atoms with Gasteiger partial charge in [0, 0.05) is 5.92 Å². The van der Waals surface area contributed by atoms with E-state index in [0.29, 0.717) is 17.7 Å². The second kappa shape index (κ2) is 3.82. The fourth-order valence-electron chi connectivity index (χ4n) is 1.84. The van der Waals surface area contributed by atoms with Gasteiger partial charge >= 0.3 is 5.97 Å². The van der Waals surface area contributed by atoms with E-state index in [-0.39, 0.29) is 18.0 Å². The van der Waals surface area contributed by atoms with E-state index in [1.807, 2.05) is 6.92 Å². The van der Waals surface area contributed by atoms with Gasteiger partial charge in [0.05, 0.1) is 5.41 Å². The second-order valence-electron chi connectivity index (χ2n) is 5.30. The van der Waals surface area contributed by atoms with Gasteiger partial charge in [-0.25, -0.2) is 0 Å². The van der Waals surface area contributed by atoms with Crippen molar-refractivity contribution < 1.29 is 13.9 Å². The predicted octanol–water partition coefficient (Wildman–Crippen LogP) is 2.18. The van der Waals surface area contributed by atoms with Crippen molar-refractivity contribution in [3.63, 3.8) is 0 Å². The number of rotatable bonds is 4. The van der Waals surface area contributed by atoms with E-state index in [9.17, 15) is 4.79 Å². The topological polar surface area (TPSA) is 65.2 Å². The Labute approximate surface area is 99.5 Å². The van der Waals surface area contributed by atoms with Crippen LogP contribution in [-0.4, -0.2) is 16.2 Å². The number of hydrogen-bond donors (Lipinski definition) is 0. The monoisotopic (exact) mass is 236 g/mol. The Morgan fingerprint density at radius 1 is 1.47 bits per heavy atom. The van der Waals surface area contributed by atoms with Gasteiger partial charge in [0.1, 0.15) is 0 Å². The SMILES string of the molecule is CC1(C(=O)OCc2nnc(C3CCC3)o2)CC1. The zero-order chi connectivity index (χ0) is 11.9. The average molecular weight is 236 g/mol. The first-order valence-electron chi connectivity index (χ1n) is 6.17. The molecule has 0 radical (unpaired) electrons.